The summed E-state index contributed by atoms with van der Waals surface area (Å²) in [6, 6.07) is 7.89. The van der Waals surface area contributed by atoms with E-state index in [1.165, 1.54) is 17.0 Å². The van der Waals surface area contributed by atoms with Crippen molar-refractivity contribution >= 4 is 16.1 Å². The van der Waals surface area contributed by atoms with Gasteiger partial charge in [-0.15, -0.1) is 0 Å². The van der Waals surface area contributed by atoms with Crippen LogP contribution in [0.15, 0.2) is 36.4 Å². The summed E-state index contributed by atoms with van der Waals surface area (Å²) in [5, 5.41) is 0. The number of amides is 2. The fourth-order valence-corrected chi connectivity index (χ4v) is 6.29. The van der Waals surface area contributed by atoms with Crippen LogP contribution >= 0.6 is 0 Å². The Hall–Kier alpha value is -2.72. The SMILES string of the molecule is CCS(=O)(=O)N[C@@H]1[C@@H]2Cc3cccc(c3F)-c3cccc(F)c3OCCN(C)C(=O)N2CC12CC2. The number of rotatable bonds is 3. The number of urea groups is 1. The van der Waals surface area contributed by atoms with Gasteiger partial charge >= 0.3 is 6.03 Å². The van der Waals surface area contributed by atoms with Crippen LogP contribution in [-0.2, 0) is 16.4 Å². The lowest BCUT2D eigenvalue weighted by Gasteiger charge is -2.32. The number of hydrogen-bond acceptors (Lipinski definition) is 4. The molecule has 2 heterocycles. The molecule has 1 spiro atoms. The maximum Gasteiger partial charge on any atom is 0.320 e. The van der Waals surface area contributed by atoms with Gasteiger partial charge in [0.15, 0.2) is 11.6 Å². The van der Waals surface area contributed by atoms with Gasteiger partial charge in [0.2, 0.25) is 10.0 Å². The second-order valence-electron chi connectivity index (χ2n) is 9.71. The standard InChI is InChI=1S/C25H29F2N3O4S/c1-3-35(32,33)28-23-20-14-16-6-4-7-17(21(16)27)18-8-5-9-19(26)22(18)34-13-12-29(2)24(31)30(20)15-25(23)10-11-25/h4-9,20,23,28H,3,10-15H2,1-2H3/t20-,23+/m0/s1. The van der Waals surface area contributed by atoms with E-state index in [1.54, 1.807) is 43.1 Å². The second-order valence-corrected chi connectivity index (χ2v) is 11.8. The highest BCUT2D eigenvalue weighted by Gasteiger charge is 2.61. The van der Waals surface area contributed by atoms with E-state index >= 15 is 4.39 Å². The topological polar surface area (TPSA) is 79.0 Å². The molecular formula is C25H29F2N3O4S. The first-order valence-electron chi connectivity index (χ1n) is 11.9. The van der Waals surface area contributed by atoms with E-state index in [-0.39, 0.29) is 48.1 Å². The van der Waals surface area contributed by atoms with E-state index < -0.39 is 33.7 Å². The summed E-state index contributed by atoms with van der Waals surface area (Å²) in [6.07, 6.45) is 1.72. The van der Waals surface area contributed by atoms with Crippen molar-refractivity contribution in [3.05, 3.63) is 53.6 Å². The minimum absolute atomic E-state index is 0.0209. The molecule has 2 bridgehead atoms. The third kappa shape index (κ3) is 4.27. The first-order valence-corrected chi connectivity index (χ1v) is 13.5. The van der Waals surface area contributed by atoms with Crippen molar-refractivity contribution in [2.75, 3.05) is 32.5 Å². The van der Waals surface area contributed by atoms with Crippen LogP contribution in [-0.4, -0.2) is 68.8 Å². The largest absolute Gasteiger partial charge is 0.488 e. The van der Waals surface area contributed by atoms with E-state index in [0.29, 0.717) is 17.7 Å². The molecule has 7 nitrogen and oxygen atoms in total. The Morgan fingerprint density at radius 1 is 1.14 bits per heavy atom. The van der Waals surface area contributed by atoms with E-state index in [0.717, 1.165) is 12.8 Å². The van der Waals surface area contributed by atoms with Gasteiger partial charge < -0.3 is 14.5 Å². The molecule has 3 aliphatic rings. The van der Waals surface area contributed by atoms with E-state index in [2.05, 4.69) is 4.72 Å². The summed E-state index contributed by atoms with van der Waals surface area (Å²) in [7, 11) is -1.92. The smallest absolute Gasteiger partial charge is 0.320 e. The number of likely N-dealkylation sites (N-methyl/N-ethyl adjacent to an activating group) is 1. The number of para-hydroxylation sites is 1. The molecule has 2 fully saturated rings. The zero-order valence-electron chi connectivity index (χ0n) is 19.8. The van der Waals surface area contributed by atoms with Crippen molar-refractivity contribution in [2.45, 2.75) is 38.3 Å². The number of halogens is 2. The van der Waals surface area contributed by atoms with Gasteiger partial charge in [-0.05, 0) is 37.8 Å². The minimum Gasteiger partial charge on any atom is -0.488 e. The van der Waals surface area contributed by atoms with Gasteiger partial charge in [0.1, 0.15) is 12.4 Å². The second kappa shape index (κ2) is 8.74. The van der Waals surface area contributed by atoms with Crippen molar-refractivity contribution in [3.63, 3.8) is 0 Å². The number of fused-ring (bicyclic) bond motifs is 5. The van der Waals surface area contributed by atoms with Crippen LogP contribution in [0.3, 0.4) is 0 Å². The van der Waals surface area contributed by atoms with Crippen molar-refractivity contribution in [1.82, 2.24) is 14.5 Å². The van der Waals surface area contributed by atoms with Crippen molar-refractivity contribution in [3.8, 4) is 16.9 Å². The number of carbonyl (C=O) groups is 1. The van der Waals surface area contributed by atoms with Gasteiger partial charge in [0, 0.05) is 36.2 Å². The average Bonchev–Trinajstić information content (AvgIpc) is 3.55. The molecule has 10 heteroatoms. The Bertz CT molecular complexity index is 1270. The maximum atomic E-state index is 15.9. The van der Waals surface area contributed by atoms with Gasteiger partial charge in [-0.1, -0.05) is 30.3 Å². The van der Waals surface area contributed by atoms with Crippen LogP contribution in [0, 0.1) is 17.0 Å². The highest BCUT2D eigenvalue weighted by molar-refractivity contribution is 7.89. The Morgan fingerprint density at radius 3 is 2.57 bits per heavy atom. The number of nitrogens with zero attached hydrogens (tertiary/aromatic N) is 2. The first-order chi connectivity index (χ1) is 16.7. The molecule has 1 saturated carbocycles. The van der Waals surface area contributed by atoms with Crippen molar-refractivity contribution in [1.29, 1.82) is 0 Å². The summed E-state index contributed by atoms with van der Waals surface area (Å²) in [5.74, 6) is -1.28. The third-order valence-corrected chi connectivity index (χ3v) is 8.89. The quantitative estimate of drug-likeness (QED) is 0.694. The molecule has 35 heavy (non-hydrogen) atoms. The fourth-order valence-electron chi connectivity index (χ4n) is 5.33. The van der Waals surface area contributed by atoms with E-state index in [1.807, 2.05) is 0 Å². The van der Waals surface area contributed by atoms with Crippen LogP contribution < -0.4 is 9.46 Å². The number of benzene rings is 2. The number of hydrogen-bond donors (Lipinski definition) is 1. The predicted molar refractivity (Wildman–Crippen MR) is 128 cm³/mol. The summed E-state index contributed by atoms with van der Waals surface area (Å²) < 4.78 is 64.3. The maximum absolute atomic E-state index is 15.9. The molecule has 1 N–H and O–H groups in total. The monoisotopic (exact) mass is 505 g/mol. The highest BCUT2D eigenvalue weighted by Crippen LogP contribution is 2.56. The van der Waals surface area contributed by atoms with Crippen LogP contribution in [0.1, 0.15) is 25.3 Å². The molecule has 5 rings (SSSR count). The molecular weight excluding hydrogens is 476 g/mol. The molecule has 2 aromatic rings. The van der Waals surface area contributed by atoms with Crippen LogP contribution in [0.25, 0.3) is 11.1 Å². The molecule has 188 valence electrons. The lowest BCUT2D eigenvalue weighted by atomic mass is 9.91. The number of carbonyl (C=O) groups excluding carboxylic acids is 1. The van der Waals surface area contributed by atoms with Crippen LogP contribution in [0.5, 0.6) is 5.75 Å². The normalized spacial score (nSPS) is 23.6. The van der Waals surface area contributed by atoms with Gasteiger partial charge in [-0.3, -0.25) is 0 Å². The third-order valence-electron chi connectivity index (χ3n) is 7.52. The van der Waals surface area contributed by atoms with Crippen molar-refractivity contribution in [2.24, 2.45) is 5.41 Å². The predicted octanol–water partition coefficient (Wildman–Crippen LogP) is 3.39. The highest BCUT2D eigenvalue weighted by atomic mass is 32.2. The molecule has 2 amide bonds. The zero-order valence-corrected chi connectivity index (χ0v) is 20.6. The zero-order chi connectivity index (χ0) is 25.0. The van der Waals surface area contributed by atoms with Crippen LogP contribution in [0.4, 0.5) is 13.6 Å². The first kappa shape index (κ1) is 24.0. The molecule has 2 aliphatic heterocycles. The van der Waals surface area contributed by atoms with Gasteiger partial charge in [0.25, 0.3) is 0 Å². The Kier molecular flexibility index (Phi) is 5.99. The van der Waals surface area contributed by atoms with Gasteiger partial charge in [-0.2, -0.15) is 0 Å². The summed E-state index contributed by atoms with van der Waals surface area (Å²) >= 11 is 0. The van der Waals surface area contributed by atoms with Gasteiger partial charge in [0.05, 0.1) is 18.3 Å². The Balaban J connectivity index is 1.63. The molecule has 1 saturated heterocycles. The van der Waals surface area contributed by atoms with Gasteiger partial charge in [-0.25, -0.2) is 26.7 Å². The van der Waals surface area contributed by atoms with Crippen LogP contribution in [0.2, 0.25) is 0 Å². The molecule has 0 aromatic heterocycles. The average molecular weight is 506 g/mol. The Morgan fingerprint density at radius 2 is 1.86 bits per heavy atom. The summed E-state index contributed by atoms with van der Waals surface area (Å²) in [4.78, 5) is 16.7. The molecule has 0 unspecified atom stereocenters. The molecule has 0 radical (unpaired) electrons. The number of nitrogens with one attached hydrogen (secondary N) is 1. The summed E-state index contributed by atoms with van der Waals surface area (Å²) in [5.41, 5.74) is 0.483. The van der Waals surface area contributed by atoms with E-state index in [9.17, 15) is 17.6 Å². The molecule has 2 atom stereocenters. The number of ether oxygens (including phenoxy) is 1. The lowest BCUT2D eigenvalue weighted by molar-refractivity contribution is 0.146. The number of sulfonamides is 1. The van der Waals surface area contributed by atoms with Crippen molar-refractivity contribution < 1.29 is 26.7 Å². The minimum atomic E-state index is -3.55. The lowest BCUT2D eigenvalue weighted by Crippen LogP contribution is -2.52. The van der Waals surface area contributed by atoms with E-state index in [4.69, 9.17) is 4.74 Å². The molecule has 1 aliphatic carbocycles. The fraction of sp³-hybridized carbons (Fsp3) is 0.480. The Labute approximate surface area is 204 Å². The summed E-state index contributed by atoms with van der Waals surface area (Å²) in [6.45, 7) is 2.17. The molecule has 2 aromatic carbocycles.